The van der Waals surface area contributed by atoms with Gasteiger partial charge in [-0.15, -0.1) is 0 Å². The lowest BCUT2D eigenvalue weighted by molar-refractivity contribution is -0.146. The van der Waals surface area contributed by atoms with E-state index < -0.39 is 5.97 Å². The first kappa shape index (κ1) is 12.6. The molecule has 0 spiro atoms. The van der Waals surface area contributed by atoms with Gasteiger partial charge in [0.1, 0.15) is 12.2 Å². The summed E-state index contributed by atoms with van der Waals surface area (Å²) in [4.78, 5) is 22.2. The Labute approximate surface area is 83.9 Å². The number of ketones is 1. The second kappa shape index (κ2) is 7.07. The number of ether oxygens (including phenoxy) is 1. The summed E-state index contributed by atoms with van der Waals surface area (Å²) >= 11 is 0. The molecule has 1 unspecified atom stereocenters. The predicted molar refractivity (Wildman–Crippen MR) is 50.3 cm³/mol. The Bertz CT molecular complexity index is 242. The van der Waals surface area contributed by atoms with Gasteiger partial charge in [0.05, 0.1) is 12.7 Å². The van der Waals surface area contributed by atoms with E-state index in [1.54, 1.807) is 13.8 Å². The molecule has 0 fully saturated rings. The molecule has 0 aromatic rings. The average molecular weight is 197 g/mol. The van der Waals surface area contributed by atoms with Crippen LogP contribution in [0.25, 0.3) is 0 Å². The molecule has 0 amide bonds. The van der Waals surface area contributed by atoms with Crippen molar-refractivity contribution in [3.05, 3.63) is 0 Å². The fourth-order valence-corrected chi connectivity index (χ4v) is 0.971. The van der Waals surface area contributed by atoms with Crippen LogP contribution in [-0.4, -0.2) is 18.4 Å². The van der Waals surface area contributed by atoms with Crippen LogP contribution >= 0.6 is 0 Å². The molecule has 0 aliphatic carbocycles. The Balaban J connectivity index is 3.84. The summed E-state index contributed by atoms with van der Waals surface area (Å²) in [7, 11) is 0. The average Bonchev–Trinajstić information content (AvgIpc) is 2.14. The highest BCUT2D eigenvalue weighted by Crippen LogP contribution is 2.08. The van der Waals surface area contributed by atoms with E-state index in [1.165, 1.54) is 0 Å². The number of Topliss-reactive ketones (excluding diaryl/α,β-unsaturated/α-hetero) is 1. The van der Waals surface area contributed by atoms with Crippen LogP contribution in [0.5, 0.6) is 0 Å². The van der Waals surface area contributed by atoms with E-state index in [9.17, 15) is 9.59 Å². The highest BCUT2D eigenvalue weighted by molar-refractivity contribution is 5.96. The first-order valence-corrected chi connectivity index (χ1v) is 4.67. The number of esters is 1. The van der Waals surface area contributed by atoms with Gasteiger partial charge in [-0.1, -0.05) is 6.92 Å². The zero-order valence-corrected chi connectivity index (χ0v) is 8.58. The minimum Gasteiger partial charge on any atom is -0.466 e. The lowest BCUT2D eigenvalue weighted by atomic mass is 9.99. The predicted octanol–water partition coefficient (Wildman–Crippen LogP) is 1.45. The zero-order valence-electron chi connectivity index (χ0n) is 8.58. The second-order valence-electron chi connectivity index (χ2n) is 3.05. The van der Waals surface area contributed by atoms with Crippen molar-refractivity contribution in [3.8, 4) is 6.07 Å². The van der Waals surface area contributed by atoms with Crippen molar-refractivity contribution in [1.29, 1.82) is 5.26 Å². The maximum Gasteiger partial charge on any atom is 0.313 e. The van der Waals surface area contributed by atoms with Gasteiger partial charge in [-0.3, -0.25) is 9.59 Å². The van der Waals surface area contributed by atoms with E-state index in [4.69, 9.17) is 5.26 Å². The Morgan fingerprint density at radius 1 is 1.50 bits per heavy atom. The maximum atomic E-state index is 11.3. The molecule has 0 rings (SSSR count). The molecular weight excluding hydrogens is 182 g/mol. The fourth-order valence-electron chi connectivity index (χ4n) is 0.971. The minimum absolute atomic E-state index is 0.154. The molecule has 0 bridgehead atoms. The van der Waals surface area contributed by atoms with Gasteiger partial charge in [0, 0.05) is 12.3 Å². The molecule has 78 valence electrons. The molecule has 0 saturated carbocycles. The first-order chi connectivity index (χ1) is 6.61. The third-order valence-electron chi connectivity index (χ3n) is 1.86. The first-order valence-electron chi connectivity index (χ1n) is 4.67. The van der Waals surface area contributed by atoms with E-state index >= 15 is 0 Å². The molecule has 4 nitrogen and oxygen atoms in total. The summed E-state index contributed by atoms with van der Waals surface area (Å²) in [6, 6.07) is 1.96. The van der Waals surface area contributed by atoms with Crippen molar-refractivity contribution >= 4 is 11.8 Å². The van der Waals surface area contributed by atoms with E-state index in [0.717, 1.165) is 0 Å². The van der Waals surface area contributed by atoms with E-state index in [-0.39, 0.29) is 18.1 Å². The number of rotatable bonds is 6. The fraction of sp³-hybridized carbons (Fsp3) is 0.700. The van der Waals surface area contributed by atoms with Gasteiger partial charge in [-0.25, -0.2) is 0 Å². The number of hydrogen-bond acceptors (Lipinski definition) is 4. The quantitative estimate of drug-likeness (QED) is 0.477. The monoisotopic (exact) mass is 197 g/mol. The Kier molecular flexibility index (Phi) is 6.38. The molecule has 0 radical (unpaired) electrons. The van der Waals surface area contributed by atoms with Gasteiger partial charge in [-0.05, 0) is 13.3 Å². The molecule has 0 N–H and O–H groups in total. The van der Waals surface area contributed by atoms with Crippen LogP contribution in [0.1, 0.15) is 33.1 Å². The summed E-state index contributed by atoms with van der Waals surface area (Å²) in [5.41, 5.74) is 0. The van der Waals surface area contributed by atoms with Crippen LogP contribution in [-0.2, 0) is 14.3 Å². The van der Waals surface area contributed by atoms with Crippen molar-refractivity contribution in [3.63, 3.8) is 0 Å². The summed E-state index contributed by atoms with van der Waals surface area (Å²) in [6.45, 7) is 3.71. The van der Waals surface area contributed by atoms with E-state index in [0.29, 0.717) is 19.4 Å². The van der Waals surface area contributed by atoms with Gasteiger partial charge in [0.15, 0.2) is 0 Å². The molecule has 0 aliphatic heterocycles. The number of nitriles is 1. The maximum absolute atomic E-state index is 11.3. The third-order valence-corrected chi connectivity index (χ3v) is 1.86. The Morgan fingerprint density at radius 2 is 2.14 bits per heavy atom. The Hall–Kier alpha value is -1.37. The summed E-state index contributed by atoms with van der Waals surface area (Å²) in [5, 5.41) is 8.31. The van der Waals surface area contributed by atoms with Gasteiger partial charge < -0.3 is 4.74 Å². The molecule has 14 heavy (non-hydrogen) atoms. The number of nitrogens with zero attached hydrogens (tertiary/aromatic N) is 1. The molecule has 0 saturated heterocycles. The SMILES string of the molecule is CCOC(=O)CC(=O)C(C)CCC#N. The third kappa shape index (κ3) is 5.31. The molecule has 0 aromatic heterocycles. The van der Waals surface area contributed by atoms with Gasteiger partial charge >= 0.3 is 5.97 Å². The molecule has 0 heterocycles. The van der Waals surface area contributed by atoms with Gasteiger partial charge in [-0.2, -0.15) is 5.26 Å². The molecule has 0 aliphatic rings. The molecule has 0 aromatic carbocycles. The lowest BCUT2D eigenvalue weighted by Crippen LogP contribution is -2.17. The van der Waals surface area contributed by atoms with Gasteiger partial charge in [0.25, 0.3) is 0 Å². The number of carbonyl (C=O) groups is 2. The van der Waals surface area contributed by atoms with Crippen LogP contribution in [0.3, 0.4) is 0 Å². The summed E-state index contributed by atoms with van der Waals surface area (Å²) in [5.74, 6) is -0.876. The molecule has 4 heteroatoms. The van der Waals surface area contributed by atoms with Crippen LogP contribution in [0.2, 0.25) is 0 Å². The minimum atomic E-state index is -0.485. The Morgan fingerprint density at radius 3 is 2.64 bits per heavy atom. The largest absolute Gasteiger partial charge is 0.466 e. The van der Waals surface area contributed by atoms with Crippen molar-refractivity contribution in [2.45, 2.75) is 33.1 Å². The normalized spacial score (nSPS) is 11.5. The topological polar surface area (TPSA) is 67.2 Å². The summed E-state index contributed by atoms with van der Waals surface area (Å²) in [6.07, 6.45) is 0.672. The number of hydrogen-bond donors (Lipinski definition) is 0. The number of carbonyl (C=O) groups excluding carboxylic acids is 2. The van der Waals surface area contributed by atoms with Gasteiger partial charge in [0.2, 0.25) is 0 Å². The van der Waals surface area contributed by atoms with Crippen LogP contribution < -0.4 is 0 Å². The van der Waals surface area contributed by atoms with E-state index in [2.05, 4.69) is 4.74 Å². The molecule has 1 atom stereocenters. The van der Waals surface area contributed by atoms with Crippen LogP contribution in [0.4, 0.5) is 0 Å². The summed E-state index contributed by atoms with van der Waals surface area (Å²) < 4.78 is 4.64. The van der Waals surface area contributed by atoms with Crippen molar-refractivity contribution < 1.29 is 14.3 Å². The standard InChI is InChI=1S/C10H15NO3/c1-3-14-10(13)7-9(12)8(2)5-4-6-11/h8H,3-5,7H2,1-2H3. The highest BCUT2D eigenvalue weighted by atomic mass is 16.5. The smallest absolute Gasteiger partial charge is 0.313 e. The lowest BCUT2D eigenvalue weighted by Gasteiger charge is -2.07. The highest BCUT2D eigenvalue weighted by Gasteiger charge is 2.16. The zero-order chi connectivity index (χ0) is 11.0. The van der Waals surface area contributed by atoms with Crippen molar-refractivity contribution in [1.82, 2.24) is 0 Å². The van der Waals surface area contributed by atoms with E-state index in [1.807, 2.05) is 6.07 Å². The second-order valence-corrected chi connectivity index (χ2v) is 3.05. The van der Waals surface area contributed by atoms with Crippen molar-refractivity contribution in [2.75, 3.05) is 6.61 Å². The van der Waals surface area contributed by atoms with Crippen LogP contribution in [0.15, 0.2) is 0 Å². The molecular formula is C10H15NO3. The van der Waals surface area contributed by atoms with Crippen molar-refractivity contribution in [2.24, 2.45) is 5.92 Å². The van der Waals surface area contributed by atoms with Crippen LogP contribution in [0, 0.1) is 17.2 Å².